The van der Waals surface area contributed by atoms with Crippen LogP contribution in [0.1, 0.15) is 27.8 Å². The first-order valence-corrected chi connectivity index (χ1v) is 5.78. The fraction of sp³-hybridized carbons (Fsp3) is 0.500. The Morgan fingerprint density at radius 3 is 2.19 bits per heavy atom. The summed E-state index contributed by atoms with van der Waals surface area (Å²) in [5, 5.41) is 3.11. The first-order chi connectivity index (χ1) is 7.57. The van der Waals surface area contributed by atoms with Gasteiger partial charge in [-0.2, -0.15) is 0 Å². The van der Waals surface area contributed by atoms with E-state index in [0.29, 0.717) is 6.54 Å². The average molecular weight is 219 g/mol. The van der Waals surface area contributed by atoms with E-state index in [1.54, 1.807) is 0 Å². The number of rotatable bonds is 5. The average Bonchev–Trinajstić information content (AvgIpc) is 2.25. The van der Waals surface area contributed by atoms with Gasteiger partial charge in [-0.25, -0.2) is 0 Å². The van der Waals surface area contributed by atoms with Gasteiger partial charge in [0, 0.05) is 0 Å². The van der Waals surface area contributed by atoms with Crippen LogP contribution in [0, 0.1) is 27.7 Å². The van der Waals surface area contributed by atoms with Crippen molar-refractivity contribution in [2.45, 2.75) is 34.1 Å². The first-order valence-electron chi connectivity index (χ1n) is 5.78. The molecule has 1 aromatic carbocycles. The standard InChI is InChI=1S/C14H21NO/c1-10-9-11(2)13(4)14(12(10)3)5-6-15-7-8-16/h8-9,15H,5-7H2,1-4H3. The van der Waals surface area contributed by atoms with Crippen LogP contribution in [0.25, 0.3) is 0 Å². The van der Waals surface area contributed by atoms with Gasteiger partial charge < -0.3 is 10.1 Å². The minimum absolute atomic E-state index is 0.447. The molecule has 0 bridgehead atoms. The van der Waals surface area contributed by atoms with Crippen molar-refractivity contribution in [1.29, 1.82) is 0 Å². The second-order valence-corrected chi connectivity index (χ2v) is 4.36. The van der Waals surface area contributed by atoms with Gasteiger partial charge in [0.1, 0.15) is 6.29 Å². The molecule has 0 aromatic heterocycles. The van der Waals surface area contributed by atoms with Gasteiger partial charge in [0.2, 0.25) is 0 Å². The monoisotopic (exact) mass is 219 g/mol. The van der Waals surface area contributed by atoms with Crippen LogP contribution in [-0.4, -0.2) is 19.4 Å². The van der Waals surface area contributed by atoms with Crippen LogP contribution in [-0.2, 0) is 11.2 Å². The molecule has 1 N–H and O–H groups in total. The summed E-state index contributed by atoms with van der Waals surface area (Å²) >= 11 is 0. The molecule has 88 valence electrons. The van der Waals surface area contributed by atoms with Gasteiger partial charge in [0.15, 0.2) is 0 Å². The molecule has 2 nitrogen and oxygen atoms in total. The van der Waals surface area contributed by atoms with Crippen LogP contribution in [0.3, 0.4) is 0 Å². The Labute approximate surface area is 98.1 Å². The number of benzene rings is 1. The smallest absolute Gasteiger partial charge is 0.133 e. The lowest BCUT2D eigenvalue weighted by Gasteiger charge is -2.15. The Kier molecular flexibility index (Phi) is 4.69. The van der Waals surface area contributed by atoms with E-state index in [0.717, 1.165) is 19.3 Å². The van der Waals surface area contributed by atoms with Crippen LogP contribution in [0.4, 0.5) is 0 Å². The van der Waals surface area contributed by atoms with Gasteiger partial charge in [0.05, 0.1) is 6.54 Å². The fourth-order valence-electron chi connectivity index (χ4n) is 2.05. The van der Waals surface area contributed by atoms with E-state index in [-0.39, 0.29) is 0 Å². The van der Waals surface area contributed by atoms with Gasteiger partial charge in [-0.15, -0.1) is 0 Å². The molecule has 0 aliphatic carbocycles. The van der Waals surface area contributed by atoms with Crippen LogP contribution in [0.2, 0.25) is 0 Å². The summed E-state index contributed by atoms with van der Waals surface area (Å²) in [6.45, 7) is 9.98. The third kappa shape index (κ3) is 2.92. The molecule has 0 fully saturated rings. The Morgan fingerprint density at radius 2 is 1.69 bits per heavy atom. The minimum Gasteiger partial charge on any atom is -0.310 e. The van der Waals surface area contributed by atoms with Gasteiger partial charge in [-0.1, -0.05) is 6.07 Å². The predicted molar refractivity (Wildman–Crippen MR) is 68.0 cm³/mol. The first kappa shape index (κ1) is 12.9. The maximum atomic E-state index is 10.2. The number of carbonyl (C=O) groups excluding carboxylic acids is 1. The van der Waals surface area contributed by atoms with Gasteiger partial charge in [-0.05, 0) is 68.5 Å². The number of nitrogens with one attached hydrogen (secondary N) is 1. The highest BCUT2D eigenvalue weighted by molar-refractivity contribution is 5.51. The van der Waals surface area contributed by atoms with Crippen molar-refractivity contribution in [3.8, 4) is 0 Å². The van der Waals surface area contributed by atoms with E-state index in [1.807, 2.05) is 0 Å². The molecule has 0 saturated carbocycles. The second kappa shape index (κ2) is 5.80. The molecule has 2 heteroatoms. The molecule has 1 aromatic rings. The van der Waals surface area contributed by atoms with Crippen LogP contribution in [0.15, 0.2) is 6.07 Å². The zero-order chi connectivity index (χ0) is 12.1. The molecule has 1 rings (SSSR count). The topological polar surface area (TPSA) is 29.1 Å². The maximum absolute atomic E-state index is 10.2. The Balaban J connectivity index is 2.81. The molecule has 0 aliphatic heterocycles. The van der Waals surface area contributed by atoms with E-state index in [1.165, 1.54) is 27.8 Å². The zero-order valence-electron chi connectivity index (χ0n) is 10.7. The Morgan fingerprint density at radius 1 is 1.12 bits per heavy atom. The highest BCUT2D eigenvalue weighted by Crippen LogP contribution is 2.21. The lowest BCUT2D eigenvalue weighted by atomic mass is 9.92. The molecule has 0 unspecified atom stereocenters. The number of aldehydes is 1. The summed E-state index contributed by atoms with van der Waals surface area (Å²) in [5.41, 5.74) is 6.91. The van der Waals surface area contributed by atoms with Gasteiger partial charge in [-0.3, -0.25) is 0 Å². The van der Waals surface area contributed by atoms with Crippen molar-refractivity contribution in [3.05, 3.63) is 33.9 Å². The number of hydrogen-bond acceptors (Lipinski definition) is 2. The fourth-order valence-corrected chi connectivity index (χ4v) is 2.05. The highest BCUT2D eigenvalue weighted by atomic mass is 16.1. The number of carbonyl (C=O) groups is 1. The van der Waals surface area contributed by atoms with E-state index < -0.39 is 0 Å². The third-order valence-corrected chi connectivity index (χ3v) is 3.30. The lowest BCUT2D eigenvalue weighted by molar-refractivity contribution is -0.107. The highest BCUT2D eigenvalue weighted by Gasteiger charge is 2.07. The van der Waals surface area contributed by atoms with Crippen LogP contribution in [0.5, 0.6) is 0 Å². The van der Waals surface area contributed by atoms with Crippen molar-refractivity contribution in [2.24, 2.45) is 0 Å². The summed E-state index contributed by atoms with van der Waals surface area (Å²) in [7, 11) is 0. The van der Waals surface area contributed by atoms with E-state index in [4.69, 9.17) is 0 Å². The van der Waals surface area contributed by atoms with Crippen molar-refractivity contribution < 1.29 is 4.79 Å². The molecule has 16 heavy (non-hydrogen) atoms. The van der Waals surface area contributed by atoms with Crippen molar-refractivity contribution in [3.63, 3.8) is 0 Å². The van der Waals surface area contributed by atoms with Gasteiger partial charge >= 0.3 is 0 Å². The quantitative estimate of drug-likeness (QED) is 0.608. The van der Waals surface area contributed by atoms with Crippen molar-refractivity contribution in [1.82, 2.24) is 5.32 Å². The summed E-state index contributed by atoms with van der Waals surface area (Å²) in [4.78, 5) is 10.2. The zero-order valence-corrected chi connectivity index (χ0v) is 10.7. The molecule has 0 radical (unpaired) electrons. The van der Waals surface area contributed by atoms with E-state index in [9.17, 15) is 4.79 Å². The molecule has 0 amide bonds. The third-order valence-electron chi connectivity index (χ3n) is 3.30. The van der Waals surface area contributed by atoms with Crippen LogP contribution >= 0.6 is 0 Å². The molecule has 0 atom stereocenters. The van der Waals surface area contributed by atoms with E-state index >= 15 is 0 Å². The molecular formula is C14H21NO. The summed E-state index contributed by atoms with van der Waals surface area (Å²) in [6, 6.07) is 2.24. The number of aryl methyl sites for hydroxylation is 2. The largest absolute Gasteiger partial charge is 0.310 e. The second-order valence-electron chi connectivity index (χ2n) is 4.36. The number of hydrogen-bond donors (Lipinski definition) is 1. The summed E-state index contributed by atoms with van der Waals surface area (Å²) in [6.07, 6.45) is 1.90. The van der Waals surface area contributed by atoms with E-state index in [2.05, 4.69) is 39.1 Å². The Hall–Kier alpha value is -1.15. The molecule has 0 spiro atoms. The summed E-state index contributed by atoms with van der Waals surface area (Å²) < 4.78 is 0. The normalized spacial score (nSPS) is 10.5. The molecular weight excluding hydrogens is 198 g/mol. The van der Waals surface area contributed by atoms with Crippen molar-refractivity contribution >= 4 is 6.29 Å². The van der Waals surface area contributed by atoms with Crippen LogP contribution < -0.4 is 5.32 Å². The molecule has 0 heterocycles. The van der Waals surface area contributed by atoms with Crippen molar-refractivity contribution in [2.75, 3.05) is 13.1 Å². The SMILES string of the molecule is Cc1cc(C)c(C)c(CCNCC=O)c1C. The molecule has 0 aliphatic rings. The predicted octanol–water partition coefficient (Wildman–Crippen LogP) is 2.25. The summed E-state index contributed by atoms with van der Waals surface area (Å²) in [5.74, 6) is 0. The Bertz CT molecular complexity index is 357. The maximum Gasteiger partial charge on any atom is 0.133 e. The lowest BCUT2D eigenvalue weighted by Crippen LogP contribution is -2.20. The van der Waals surface area contributed by atoms with Gasteiger partial charge in [0.25, 0.3) is 0 Å². The minimum atomic E-state index is 0.447. The molecule has 0 saturated heterocycles.